The zero-order chi connectivity index (χ0) is 10.8. The fourth-order valence-electron chi connectivity index (χ4n) is 1.88. The summed E-state index contributed by atoms with van der Waals surface area (Å²) >= 11 is 0. The van der Waals surface area contributed by atoms with E-state index in [1.807, 2.05) is 24.3 Å². The van der Waals surface area contributed by atoms with Gasteiger partial charge in [0.2, 0.25) is 0 Å². The second-order valence-electron chi connectivity index (χ2n) is 4.05. The summed E-state index contributed by atoms with van der Waals surface area (Å²) in [4.78, 5) is 21.4. The molecule has 0 bridgehead atoms. The van der Waals surface area contributed by atoms with Crippen LogP contribution in [0.4, 0.5) is 0 Å². The van der Waals surface area contributed by atoms with Gasteiger partial charge in [-0.25, -0.2) is 0 Å². The number of amides is 1. The number of carbonyl (C=O) groups is 1. The van der Waals surface area contributed by atoms with Gasteiger partial charge in [0.1, 0.15) is 0 Å². The Hall–Kier alpha value is -1.51. The van der Waals surface area contributed by atoms with E-state index in [4.69, 9.17) is 0 Å². The van der Waals surface area contributed by atoms with E-state index < -0.39 is 11.8 Å². The molecule has 1 amide bonds. The van der Waals surface area contributed by atoms with E-state index in [0.717, 1.165) is 5.56 Å². The van der Waals surface area contributed by atoms with Crippen LogP contribution in [-0.4, -0.2) is 5.91 Å². The number of hydrogen-bond acceptors (Lipinski definition) is 2. The third kappa shape index (κ3) is 1.96. The quantitative estimate of drug-likeness (QED) is 0.709. The molecule has 1 saturated carbocycles. The zero-order valence-corrected chi connectivity index (χ0v) is 8.64. The summed E-state index contributed by atoms with van der Waals surface area (Å²) in [7, 11) is 0. The lowest BCUT2D eigenvalue weighted by molar-refractivity contribution is -0.119. The molecule has 1 unspecified atom stereocenters. The standard InChI is InChI=1S/C12H13NO2/c1-8(12(14)13-15)10-4-2-3-5-11(10)9-6-7-9/h2-5,8-9H,6-7H2,1H3. The van der Waals surface area contributed by atoms with Gasteiger partial charge in [-0.05, 0) is 36.8 Å². The minimum absolute atomic E-state index is 0.403. The van der Waals surface area contributed by atoms with Crippen molar-refractivity contribution in [3.05, 3.63) is 40.3 Å². The Bertz CT molecular complexity index is 396. The summed E-state index contributed by atoms with van der Waals surface area (Å²) in [6.45, 7) is 1.74. The Kier molecular flexibility index (Phi) is 2.62. The van der Waals surface area contributed by atoms with E-state index >= 15 is 0 Å². The normalized spacial score (nSPS) is 17.1. The van der Waals surface area contributed by atoms with Crippen LogP contribution in [0.25, 0.3) is 0 Å². The molecular weight excluding hydrogens is 190 g/mol. The maximum Gasteiger partial charge on any atom is 0.293 e. The lowest BCUT2D eigenvalue weighted by Gasteiger charge is -2.11. The first-order valence-corrected chi connectivity index (χ1v) is 5.20. The van der Waals surface area contributed by atoms with E-state index in [0.29, 0.717) is 5.92 Å². The first kappa shape index (κ1) is 10.0. The Morgan fingerprint density at radius 3 is 2.67 bits per heavy atom. The van der Waals surface area contributed by atoms with E-state index in [2.05, 4.69) is 5.18 Å². The predicted molar refractivity (Wildman–Crippen MR) is 57.6 cm³/mol. The largest absolute Gasteiger partial charge is 0.293 e. The molecule has 1 aromatic carbocycles. The summed E-state index contributed by atoms with van der Waals surface area (Å²) in [6.07, 6.45) is 2.37. The number of benzene rings is 1. The van der Waals surface area contributed by atoms with Crippen molar-refractivity contribution in [2.75, 3.05) is 0 Å². The Morgan fingerprint density at radius 1 is 1.40 bits per heavy atom. The van der Waals surface area contributed by atoms with Crippen molar-refractivity contribution in [2.24, 2.45) is 5.18 Å². The van der Waals surface area contributed by atoms with Crippen LogP contribution in [0.15, 0.2) is 29.4 Å². The van der Waals surface area contributed by atoms with Crippen molar-refractivity contribution < 1.29 is 4.79 Å². The molecule has 2 rings (SSSR count). The van der Waals surface area contributed by atoms with Gasteiger partial charge in [0, 0.05) is 5.18 Å². The van der Waals surface area contributed by atoms with Gasteiger partial charge < -0.3 is 0 Å². The molecule has 3 nitrogen and oxygen atoms in total. The summed E-state index contributed by atoms with van der Waals surface area (Å²) in [5.41, 5.74) is 2.17. The highest BCUT2D eigenvalue weighted by Gasteiger charge is 2.28. The average Bonchev–Trinajstić information content (AvgIpc) is 3.11. The lowest BCUT2D eigenvalue weighted by Crippen LogP contribution is -2.07. The van der Waals surface area contributed by atoms with Gasteiger partial charge in [0.15, 0.2) is 0 Å². The molecule has 1 aliphatic carbocycles. The number of rotatable bonds is 3. The molecule has 0 aromatic heterocycles. The SMILES string of the molecule is CC(C(=O)N=O)c1ccccc1C1CC1. The molecular formula is C12H13NO2. The van der Waals surface area contributed by atoms with Crippen molar-refractivity contribution >= 4 is 5.91 Å². The topological polar surface area (TPSA) is 46.5 Å². The van der Waals surface area contributed by atoms with Crippen molar-refractivity contribution in [3.63, 3.8) is 0 Å². The fourth-order valence-corrected chi connectivity index (χ4v) is 1.88. The highest BCUT2D eigenvalue weighted by Crippen LogP contribution is 2.43. The first-order chi connectivity index (χ1) is 7.24. The zero-order valence-electron chi connectivity index (χ0n) is 8.64. The van der Waals surface area contributed by atoms with Crippen LogP contribution in [0.5, 0.6) is 0 Å². The van der Waals surface area contributed by atoms with E-state index in [1.165, 1.54) is 18.4 Å². The molecule has 0 saturated heterocycles. The average molecular weight is 203 g/mol. The summed E-state index contributed by atoms with van der Waals surface area (Å²) in [5.74, 6) is -0.398. The molecule has 0 aliphatic heterocycles. The highest BCUT2D eigenvalue weighted by molar-refractivity contribution is 5.84. The molecule has 0 heterocycles. The molecule has 15 heavy (non-hydrogen) atoms. The second kappa shape index (κ2) is 3.93. The summed E-state index contributed by atoms with van der Waals surface area (Å²) in [5, 5.41) is 2.50. The highest BCUT2D eigenvalue weighted by atomic mass is 16.3. The van der Waals surface area contributed by atoms with Gasteiger partial charge in [-0.1, -0.05) is 24.3 Å². The van der Waals surface area contributed by atoms with Crippen molar-refractivity contribution in [1.82, 2.24) is 0 Å². The third-order valence-electron chi connectivity index (χ3n) is 2.94. The smallest absolute Gasteiger partial charge is 0.268 e. The minimum atomic E-state index is -0.580. The Morgan fingerprint density at radius 2 is 2.07 bits per heavy atom. The second-order valence-corrected chi connectivity index (χ2v) is 4.05. The van der Waals surface area contributed by atoms with E-state index in [1.54, 1.807) is 6.92 Å². The maximum atomic E-state index is 11.2. The maximum absolute atomic E-state index is 11.2. The van der Waals surface area contributed by atoms with Gasteiger partial charge in [0.25, 0.3) is 5.91 Å². The van der Waals surface area contributed by atoms with E-state index in [-0.39, 0.29) is 0 Å². The number of nitrogens with zero attached hydrogens (tertiary/aromatic N) is 1. The van der Waals surface area contributed by atoms with Crippen LogP contribution < -0.4 is 0 Å². The monoisotopic (exact) mass is 203 g/mol. The van der Waals surface area contributed by atoms with Crippen molar-refractivity contribution in [2.45, 2.75) is 31.6 Å². The van der Waals surface area contributed by atoms with Gasteiger partial charge in [-0.3, -0.25) is 4.79 Å². The van der Waals surface area contributed by atoms with Crippen LogP contribution in [0.2, 0.25) is 0 Å². The van der Waals surface area contributed by atoms with Crippen LogP contribution in [0.3, 0.4) is 0 Å². The molecule has 1 aromatic rings. The van der Waals surface area contributed by atoms with Crippen LogP contribution in [0, 0.1) is 4.91 Å². The molecule has 0 radical (unpaired) electrons. The van der Waals surface area contributed by atoms with Crippen LogP contribution >= 0.6 is 0 Å². The third-order valence-corrected chi connectivity index (χ3v) is 2.94. The molecule has 0 N–H and O–H groups in total. The molecule has 1 fully saturated rings. The van der Waals surface area contributed by atoms with Crippen molar-refractivity contribution in [3.8, 4) is 0 Å². The first-order valence-electron chi connectivity index (χ1n) is 5.20. The van der Waals surface area contributed by atoms with Gasteiger partial charge >= 0.3 is 0 Å². The lowest BCUT2D eigenvalue weighted by atomic mass is 9.93. The van der Waals surface area contributed by atoms with Gasteiger partial charge in [0.05, 0.1) is 5.92 Å². The van der Waals surface area contributed by atoms with Gasteiger partial charge in [-0.2, -0.15) is 0 Å². The molecule has 1 aliphatic rings. The summed E-state index contributed by atoms with van der Waals surface area (Å²) < 4.78 is 0. The number of carbonyl (C=O) groups excluding carboxylic acids is 1. The molecule has 3 heteroatoms. The van der Waals surface area contributed by atoms with E-state index in [9.17, 15) is 9.70 Å². The Balaban J connectivity index is 2.33. The summed E-state index contributed by atoms with van der Waals surface area (Å²) in [6, 6.07) is 7.83. The number of nitroso groups, excluding NO2 is 1. The van der Waals surface area contributed by atoms with Crippen LogP contribution in [0.1, 0.15) is 42.7 Å². The molecule has 78 valence electrons. The molecule has 1 atom stereocenters. The Labute approximate surface area is 88.5 Å². The fraction of sp³-hybridized carbons (Fsp3) is 0.417. The number of hydrogen-bond donors (Lipinski definition) is 0. The predicted octanol–water partition coefficient (Wildman–Crippen LogP) is 2.96. The van der Waals surface area contributed by atoms with Crippen molar-refractivity contribution in [1.29, 1.82) is 0 Å². The minimum Gasteiger partial charge on any atom is -0.268 e. The van der Waals surface area contributed by atoms with Gasteiger partial charge in [-0.15, -0.1) is 4.91 Å². The molecule has 0 spiro atoms. The van der Waals surface area contributed by atoms with Crippen LogP contribution in [-0.2, 0) is 4.79 Å².